The van der Waals surface area contributed by atoms with Crippen molar-refractivity contribution >= 4 is 28.5 Å². The first-order valence-corrected chi connectivity index (χ1v) is 8.95. The van der Waals surface area contributed by atoms with E-state index in [0.717, 1.165) is 0 Å². The quantitative estimate of drug-likeness (QED) is 0.404. The van der Waals surface area contributed by atoms with Crippen LogP contribution in [0.15, 0.2) is 79.0 Å². The van der Waals surface area contributed by atoms with E-state index in [1.54, 1.807) is 60.3 Å². The number of para-hydroxylation sites is 1. The zero-order chi connectivity index (χ0) is 20.4. The number of fused-ring (bicyclic) bond motifs is 1. The summed E-state index contributed by atoms with van der Waals surface area (Å²) in [6.07, 6.45) is 1.67. The highest BCUT2D eigenvalue weighted by molar-refractivity contribution is 6.14. The molecule has 0 saturated heterocycles. The van der Waals surface area contributed by atoms with Crippen molar-refractivity contribution in [1.82, 2.24) is 4.57 Å². The molecule has 0 fully saturated rings. The van der Waals surface area contributed by atoms with Crippen molar-refractivity contribution < 1.29 is 18.7 Å². The maximum atomic E-state index is 13.1. The number of anilines is 1. The molecule has 3 aromatic carbocycles. The molecule has 1 aromatic heterocycles. The number of ether oxygens (including phenoxy) is 1. The van der Waals surface area contributed by atoms with Crippen molar-refractivity contribution in [3.8, 4) is 5.75 Å². The van der Waals surface area contributed by atoms with Gasteiger partial charge in [-0.2, -0.15) is 0 Å². The molecule has 0 spiro atoms. The number of amides is 1. The normalized spacial score (nSPS) is 10.7. The van der Waals surface area contributed by atoms with Gasteiger partial charge in [-0.05, 0) is 42.5 Å². The monoisotopic (exact) mass is 388 g/mol. The first kappa shape index (κ1) is 18.4. The van der Waals surface area contributed by atoms with Crippen molar-refractivity contribution in [3.05, 3.63) is 95.9 Å². The van der Waals surface area contributed by atoms with Crippen molar-refractivity contribution in [2.75, 3.05) is 5.32 Å². The number of rotatable bonds is 4. The number of esters is 1. The number of carbonyl (C=O) groups excluding carboxylic acids is 2. The Kier molecular flexibility index (Phi) is 4.83. The summed E-state index contributed by atoms with van der Waals surface area (Å²) in [7, 11) is 1.77. The number of hydrogen-bond acceptors (Lipinski definition) is 3. The second-order valence-electron chi connectivity index (χ2n) is 6.52. The maximum absolute atomic E-state index is 13.1. The fourth-order valence-corrected chi connectivity index (χ4v) is 3.16. The Morgan fingerprint density at radius 3 is 2.38 bits per heavy atom. The van der Waals surface area contributed by atoms with E-state index in [-0.39, 0.29) is 11.7 Å². The zero-order valence-corrected chi connectivity index (χ0v) is 15.6. The second kappa shape index (κ2) is 7.59. The number of nitrogens with one attached hydrogen (secondary N) is 1. The van der Waals surface area contributed by atoms with Crippen LogP contribution in [0.5, 0.6) is 5.75 Å². The molecular formula is C23H17FN2O3. The fourth-order valence-electron chi connectivity index (χ4n) is 3.16. The molecule has 0 aliphatic carbocycles. The van der Waals surface area contributed by atoms with Crippen molar-refractivity contribution in [1.29, 1.82) is 0 Å². The summed E-state index contributed by atoms with van der Waals surface area (Å²) in [5.74, 6) is -0.830. The summed E-state index contributed by atoms with van der Waals surface area (Å²) in [5, 5.41) is 3.39. The molecule has 5 nitrogen and oxygen atoms in total. The molecule has 144 valence electrons. The Bertz CT molecular complexity index is 1200. The van der Waals surface area contributed by atoms with Crippen LogP contribution < -0.4 is 10.1 Å². The highest BCUT2D eigenvalue weighted by atomic mass is 19.1. The third-order valence-electron chi connectivity index (χ3n) is 4.52. The molecule has 0 unspecified atom stereocenters. The molecule has 0 aliphatic rings. The van der Waals surface area contributed by atoms with Gasteiger partial charge in [-0.3, -0.25) is 4.79 Å². The van der Waals surface area contributed by atoms with E-state index < -0.39 is 5.97 Å². The number of nitrogens with zero attached hydrogens (tertiary/aromatic N) is 1. The van der Waals surface area contributed by atoms with Gasteiger partial charge in [-0.1, -0.05) is 30.3 Å². The highest BCUT2D eigenvalue weighted by Gasteiger charge is 2.19. The van der Waals surface area contributed by atoms with Gasteiger partial charge in [0.1, 0.15) is 5.82 Å². The van der Waals surface area contributed by atoms with Gasteiger partial charge in [0.15, 0.2) is 5.75 Å². The van der Waals surface area contributed by atoms with E-state index >= 15 is 0 Å². The predicted octanol–water partition coefficient (Wildman–Crippen LogP) is 4.79. The minimum absolute atomic E-state index is 0.339. The number of halogens is 1. The van der Waals surface area contributed by atoms with Crippen LogP contribution in [0.3, 0.4) is 0 Å². The molecule has 0 bridgehead atoms. The molecular weight excluding hydrogens is 371 g/mol. The van der Waals surface area contributed by atoms with Crippen LogP contribution >= 0.6 is 0 Å². The molecule has 4 aromatic rings. The minimum atomic E-state index is -0.475. The van der Waals surface area contributed by atoms with E-state index in [4.69, 9.17) is 4.74 Å². The van der Waals surface area contributed by atoms with Crippen LogP contribution in [0.2, 0.25) is 0 Å². The standard InChI is InChI=1S/C23H17FN2O3/c1-26-14-19(22(27)25-17-12-10-16(24)11-13-17)18-8-5-9-20(21(18)26)29-23(28)15-6-3-2-4-7-15/h2-14H,1H3,(H,25,27). The fraction of sp³-hybridized carbons (Fsp3) is 0.0435. The van der Waals surface area contributed by atoms with Gasteiger partial charge >= 0.3 is 5.97 Å². The first-order chi connectivity index (χ1) is 14.0. The Morgan fingerprint density at radius 2 is 1.66 bits per heavy atom. The average molecular weight is 388 g/mol. The lowest BCUT2D eigenvalue weighted by molar-refractivity contribution is 0.0736. The molecule has 1 heterocycles. The number of carbonyl (C=O) groups is 2. The van der Waals surface area contributed by atoms with Gasteiger partial charge in [0, 0.05) is 24.3 Å². The van der Waals surface area contributed by atoms with Gasteiger partial charge in [0.2, 0.25) is 0 Å². The molecule has 29 heavy (non-hydrogen) atoms. The van der Waals surface area contributed by atoms with E-state index in [2.05, 4.69) is 5.32 Å². The maximum Gasteiger partial charge on any atom is 0.343 e. The largest absolute Gasteiger partial charge is 0.421 e. The Morgan fingerprint density at radius 1 is 0.931 bits per heavy atom. The molecule has 1 amide bonds. The number of aryl methyl sites for hydroxylation is 1. The number of aromatic nitrogens is 1. The Hall–Kier alpha value is -3.93. The van der Waals surface area contributed by atoms with E-state index in [0.29, 0.717) is 33.5 Å². The number of hydrogen-bond donors (Lipinski definition) is 1. The van der Waals surface area contributed by atoms with Crippen LogP contribution in [0.1, 0.15) is 20.7 Å². The van der Waals surface area contributed by atoms with Gasteiger partial charge in [-0.15, -0.1) is 0 Å². The summed E-state index contributed by atoms with van der Waals surface area (Å²) in [5.41, 5.74) is 1.97. The smallest absolute Gasteiger partial charge is 0.343 e. The SMILES string of the molecule is Cn1cc(C(=O)Nc2ccc(F)cc2)c2cccc(OC(=O)c3ccccc3)c21. The van der Waals surface area contributed by atoms with Crippen molar-refractivity contribution in [2.45, 2.75) is 0 Å². The molecule has 6 heteroatoms. The summed E-state index contributed by atoms with van der Waals surface area (Å²) >= 11 is 0. The molecule has 4 rings (SSSR count). The second-order valence-corrected chi connectivity index (χ2v) is 6.52. The number of benzene rings is 3. The van der Waals surface area contributed by atoms with Gasteiger partial charge in [-0.25, -0.2) is 9.18 Å². The molecule has 0 atom stereocenters. The van der Waals surface area contributed by atoms with Crippen LogP contribution in [-0.4, -0.2) is 16.4 Å². The van der Waals surface area contributed by atoms with E-state index in [1.807, 2.05) is 6.07 Å². The van der Waals surface area contributed by atoms with Gasteiger partial charge in [0.25, 0.3) is 5.91 Å². The summed E-state index contributed by atoms with van der Waals surface area (Å²) in [6.45, 7) is 0. The third-order valence-corrected chi connectivity index (χ3v) is 4.52. The van der Waals surface area contributed by atoms with Crippen LogP contribution in [-0.2, 0) is 7.05 Å². The highest BCUT2D eigenvalue weighted by Crippen LogP contribution is 2.30. The Balaban J connectivity index is 1.66. The zero-order valence-electron chi connectivity index (χ0n) is 15.6. The molecule has 0 radical (unpaired) electrons. The van der Waals surface area contributed by atoms with Gasteiger partial charge < -0.3 is 14.6 Å². The average Bonchev–Trinajstić information content (AvgIpc) is 3.08. The minimum Gasteiger partial charge on any atom is -0.421 e. The predicted molar refractivity (Wildman–Crippen MR) is 109 cm³/mol. The van der Waals surface area contributed by atoms with E-state index in [9.17, 15) is 14.0 Å². The van der Waals surface area contributed by atoms with Crippen LogP contribution in [0.4, 0.5) is 10.1 Å². The van der Waals surface area contributed by atoms with Crippen LogP contribution in [0.25, 0.3) is 10.9 Å². The molecule has 0 saturated carbocycles. The topological polar surface area (TPSA) is 60.3 Å². The van der Waals surface area contributed by atoms with E-state index in [1.165, 1.54) is 24.3 Å². The van der Waals surface area contributed by atoms with Crippen molar-refractivity contribution in [2.24, 2.45) is 7.05 Å². The first-order valence-electron chi connectivity index (χ1n) is 8.95. The van der Waals surface area contributed by atoms with Crippen molar-refractivity contribution in [3.63, 3.8) is 0 Å². The van der Waals surface area contributed by atoms with Gasteiger partial charge in [0.05, 0.1) is 16.6 Å². The summed E-state index contributed by atoms with van der Waals surface area (Å²) < 4.78 is 20.4. The summed E-state index contributed by atoms with van der Waals surface area (Å²) in [4.78, 5) is 25.2. The third kappa shape index (κ3) is 3.73. The lowest BCUT2D eigenvalue weighted by Crippen LogP contribution is -2.11. The lowest BCUT2D eigenvalue weighted by Gasteiger charge is -2.08. The Labute approximate surface area is 166 Å². The summed E-state index contributed by atoms with van der Waals surface area (Å²) in [6, 6.07) is 19.4. The van der Waals surface area contributed by atoms with Crippen LogP contribution in [0, 0.1) is 5.82 Å². The molecule has 1 N–H and O–H groups in total. The molecule has 0 aliphatic heterocycles. The lowest BCUT2D eigenvalue weighted by atomic mass is 10.1.